The molecule has 0 saturated carbocycles. The molecule has 0 bridgehead atoms. The van der Waals surface area contributed by atoms with Crippen molar-refractivity contribution < 1.29 is 14.3 Å². The van der Waals surface area contributed by atoms with Gasteiger partial charge in [0, 0.05) is 11.3 Å². The zero-order chi connectivity index (χ0) is 13.9. The number of ether oxygens (including phenoxy) is 1. The number of hydrogen-bond donors (Lipinski definition) is 1. The molecule has 0 heterocycles. The lowest BCUT2D eigenvalue weighted by Crippen LogP contribution is -2.27. The predicted molar refractivity (Wildman–Crippen MR) is 78.0 cm³/mol. The topological polar surface area (TPSA) is 55.4 Å². The highest BCUT2D eigenvalue weighted by Crippen LogP contribution is 2.22. The first-order chi connectivity index (χ1) is 8.19. The van der Waals surface area contributed by atoms with E-state index >= 15 is 0 Å². The van der Waals surface area contributed by atoms with Gasteiger partial charge in [0.15, 0.2) is 5.78 Å². The summed E-state index contributed by atoms with van der Waals surface area (Å²) in [6.45, 7) is 6.76. The molecule has 0 atom stereocenters. The number of amides is 1. The summed E-state index contributed by atoms with van der Waals surface area (Å²) < 4.78 is 5.10. The molecule has 0 aliphatic carbocycles. The summed E-state index contributed by atoms with van der Waals surface area (Å²) in [6.07, 6.45) is -0.561. The molecule has 106 valence electrons. The third-order valence-electron chi connectivity index (χ3n) is 1.99. The summed E-state index contributed by atoms with van der Waals surface area (Å²) in [7, 11) is 0. The Kier molecular flexibility index (Phi) is 6.03. The van der Waals surface area contributed by atoms with E-state index in [-0.39, 0.29) is 13.2 Å². The molecular weight excluding hydrogens is 266 g/mol. The molecule has 0 aromatic heterocycles. The molecule has 0 aliphatic heterocycles. The van der Waals surface area contributed by atoms with E-state index in [2.05, 4.69) is 5.32 Å². The number of hydrogen-bond acceptors (Lipinski definition) is 3. The molecular formula is C14H20ClNO3. The molecule has 0 aliphatic rings. The minimum absolute atomic E-state index is 0. The number of carbonyl (C=O) groups is 2. The number of halogens is 1. The van der Waals surface area contributed by atoms with Crippen LogP contribution in [0.1, 0.15) is 45.5 Å². The molecule has 1 aromatic rings. The number of rotatable bonds is 2. The summed E-state index contributed by atoms with van der Waals surface area (Å²) in [6, 6.07) is 4.69. The molecule has 0 unspecified atom stereocenters. The highest BCUT2D eigenvalue weighted by Gasteiger charge is 2.16. The summed E-state index contributed by atoms with van der Waals surface area (Å²) in [4.78, 5) is 22.7. The second-order valence-electron chi connectivity index (χ2n) is 4.88. The monoisotopic (exact) mass is 285 g/mol. The molecule has 1 rings (SSSR count). The number of ketones is 1. The molecule has 1 amide bonds. The van der Waals surface area contributed by atoms with Crippen molar-refractivity contribution in [2.75, 3.05) is 5.32 Å². The quantitative estimate of drug-likeness (QED) is 0.813. The second-order valence-corrected chi connectivity index (χ2v) is 5.28. The Morgan fingerprint density at radius 1 is 1.26 bits per heavy atom. The Bertz CT molecular complexity index is 478. The van der Waals surface area contributed by atoms with E-state index in [1.54, 1.807) is 32.9 Å². The molecule has 1 aromatic carbocycles. The van der Waals surface area contributed by atoms with Crippen LogP contribution in [-0.4, -0.2) is 17.5 Å². The van der Waals surface area contributed by atoms with E-state index < -0.39 is 11.7 Å². The Morgan fingerprint density at radius 2 is 1.84 bits per heavy atom. The normalized spacial score (nSPS) is 10.4. The summed E-state index contributed by atoms with van der Waals surface area (Å²) in [5, 5.41) is 2.85. The molecule has 4 nitrogen and oxygen atoms in total. The van der Waals surface area contributed by atoms with Crippen molar-refractivity contribution in [1.82, 2.24) is 0 Å². The third kappa shape index (κ3) is 5.75. The van der Waals surface area contributed by atoms with E-state index in [1.165, 1.54) is 13.0 Å². The van der Waals surface area contributed by atoms with E-state index in [0.717, 1.165) is 0 Å². The second kappa shape index (κ2) is 6.57. The average Bonchev–Trinajstić information content (AvgIpc) is 2.13. The number of benzene rings is 1. The van der Waals surface area contributed by atoms with Gasteiger partial charge in [-0.15, -0.1) is 0 Å². The van der Waals surface area contributed by atoms with Crippen molar-refractivity contribution >= 4 is 29.2 Å². The van der Waals surface area contributed by atoms with Crippen LogP contribution < -0.4 is 5.32 Å². The lowest BCUT2D eigenvalue weighted by atomic mass is 10.1. The zero-order valence-electron chi connectivity index (χ0n) is 10.8. The van der Waals surface area contributed by atoms with Gasteiger partial charge in [0.2, 0.25) is 0 Å². The van der Waals surface area contributed by atoms with Crippen LogP contribution in [0.3, 0.4) is 0 Å². The predicted octanol–water partition coefficient (Wildman–Crippen LogP) is 4.53. The molecule has 0 spiro atoms. The van der Waals surface area contributed by atoms with Gasteiger partial charge in [0.25, 0.3) is 0 Å². The molecule has 0 saturated heterocycles. The first kappa shape index (κ1) is 17.4. The standard InChI is InChI=1S/C13H16ClNO3.CH4/c1-8(16)10-6-5-9(7-11(10)14)15-12(17)18-13(2,3)4;/h5-7H,1-4H3,(H,15,17);1H4. The Labute approximate surface area is 119 Å². The Morgan fingerprint density at radius 3 is 2.26 bits per heavy atom. The average molecular weight is 286 g/mol. The van der Waals surface area contributed by atoms with Crippen LogP contribution >= 0.6 is 11.6 Å². The largest absolute Gasteiger partial charge is 0.444 e. The first-order valence-electron chi connectivity index (χ1n) is 5.49. The maximum absolute atomic E-state index is 11.5. The van der Waals surface area contributed by atoms with Crippen LogP contribution in [0.4, 0.5) is 10.5 Å². The maximum Gasteiger partial charge on any atom is 0.412 e. The van der Waals surface area contributed by atoms with Gasteiger partial charge in [-0.2, -0.15) is 0 Å². The van der Waals surface area contributed by atoms with Gasteiger partial charge in [0.1, 0.15) is 5.60 Å². The zero-order valence-corrected chi connectivity index (χ0v) is 11.6. The van der Waals surface area contributed by atoms with Gasteiger partial charge in [-0.05, 0) is 45.9 Å². The number of nitrogens with one attached hydrogen (secondary N) is 1. The highest BCUT2D eigenvalue weighted by molar-refractivity contribution is 6.34. The summed E-state index contributed by atoms with van der Waals surface area (Å²) >= 11 is 5.93. The van der Waals surface area contributed by atoms with Crippen molar-refractivity contribution in [3.8, 4) is 0 Å². The lowest BCUT2D eigenvalue weighted by molar-refractivity contribution is 0.0636. The Hall–Kier alpha value is -1.55. The van der Waals surface area contributed by atoms with Crippen LogP contribution in [0.25, 0.3) is 0 Å². The molecule has 0 radical (unpaired) electrons. The van der Waals surface area contributed by atoms with Gasteiger partial charge in [-0.1, -0.05) is 19.0 Å². The molecule has 0 fully saturated rings. The SMILES string of the molecule is C.CC(=O)c1ccc(NC(=O)OC(C)(C)C)cc1Cl. The van der Waals surface area contributed by atoms with Crippen molar-refractivity contribution in [1.29, 1.82) is 0 Å². The number of carbonyl (C=O) groups excluding carboxylic acids is 2. The number of Topliss-reactive ketones (excluding diaryl/α,β-unsaturated/α-hetero) is 1. The van der Waals surface area contributed by atoms with Crippen molar-refractivity contribution in [2.24, 2.45) is 0 Å². The number of anilines is 1. The summed E-state index contributed by atoms with van der Waals surface area (Å²) in [5.74, 6) is -0.121. The van der Waals surface area contributed by atoms with E-state index in [1.807, 2.05) is 0 Å². The van der Waals surface area contributed by atoms with Crippen LogP contribution in [0.15, 0.2) is 18.2 Å². The minimum Gasteiger partial charge on any atom is -0.444 e. The van der Waals surface area contributed by atoms with Crippen molar-refractivity contribution in [3.05, 3.63) is 28.8 Å². The van der Waals surface area contributed by atoms with E-state index in [9.17, 15) is 9.59 Å². The molecule has 5 heteroatoms. The van der Waals surface area contributed by atoms with Crippen LogP contribution in [-0.2, 0) is 4.74 Å². The fraction of sp³-hybridized carbons (Fsp3) is 0.429. The lowest BCUT2D eigenvalue weighted by Gasteiger charge is -2.19. The van der Waals surface area contributed by atoms with Crippen LogP contribution in [0.2, 0.25) is 5.02 Å². The van der Waals surface area contributed by atoms with Gasteiger partial charge in [0.05, 0.1) is 5.02 Å². The molecule has 1 N–H and O–H groups in total. The third-order valence-corrected chi connectivity index (χ3v) is 2.31. The van der Waals surface area contributed by atoms with Gasteiger partial charge in [-0.25, -0.2) is 4.79 Å². The summed E-state index contributed by atoms with van der Waals surface area (Å²) in [5.41, 5.74) is 0.346. The highest BCUT2D eigenvalue weighted by atomic mass is 35.5. The van der Waals surface area contributed by atoms with Crippen molar-refractivity contribution in [2.45, 2.75) is 40.7 Å². The van der Waals surface area contributed by atoms with Crippen LogP contribution in [0, 0.1) is 0 Å². The molecule has 19 heavy (non-hydrogen) atoms. The van der Waals surface area contributed by atoms with Crippen LogP contribution in [0.5, 0.6) is 0 Å². The van der Waals surface area contributed by atoms with Gasteiger partial charge in [-0.3, -0.25) is 10.1 Å². The fourth-order valence-corrected chi connectivity index (χ4v) is 1.61. The fourth-order valence-electron chi connectivity index (χ4n) is 1.30. The van der Waals surface area contributed by atoms with E-state index in [4.69, 9.17) is 16.3 Å². The Balaban J connectivity index is 0.00000324. The minimum atomic E-state index is -0.562. The van der Waals surface area contributed by atoms with Crippen molar-refractivity contribution in [3.63, 3.8) is 0 Å². The van der Waals surface area contributed by atoms with E-state index in [0.29, 0.717) is 16.3 Å². The smallest absolute Gasteiger partial charge is 0.412 e. The van der Waals surface area contributed by atoms with Gasteiger partial charge >= 0.3 is 6.09 Å². The van der Waals surface area contributed by atoms with Gasteiger partial charge < -0.3 is 4.74 Å². The maximum atomic E-state index is 11.5. The first-order valence-corrected chi connectivity index (χ1v) is 5.87.